The van der Waals surface area contributed by atoms with Gasteiger partial charge in [-0.2, -0.15) is 0 Å². The molecule has 19 heavy (non-hydrogen) atoms. The number of nitrogen functional groups attached to an aromatic ring is 1. The lowest BCUT2D eigenvalue weighted by Crippen LogP contribution is -2.37. The summed E-state index contributed by atoms with van der Waals surface area (Å²) >= 11 is 0. The fraction of sp³-hybridized carbons (Fsp3) is 0.571. The van der Waals surface area contributed by atoms with Crippen LogP contribution in [0.2, 0.25) is 0 Å². The highest BCUT2D eigenvalue weighted by atomic mass is 16.5. The second-order valence-corrected chi connectivity index (χ2v) is 4.74. The van der Waals surface area contributed by atoms with Crippen molar-refractivity contribution in [3.8, 4) is 0 Å². The first-order valence-corrected chi connectivity index (χ1v) is 6.52. The molecule has 1 aromatic heterocycles. The molecule has 0 saturated heterocycles. The first kappa shape index (κ1) is 15.4. The number of methoxy groups -OCH3 is 1. The summed E-state index contributed by atoms with van der Waals surface area (Å²) in [6.07, 6.45) is 1.79. The first-order valence-electron chi connectivity index (χ1n) is 6.52. The van der Waals surface area contributed by atoms with Crippen LogP contribution in [0, 0.1) is 0 Å². The van der Waals surface area contributed by atoms with E-state index >= 15 is 0 Å². The molecule has 2 N–H and O–H groups in total. The Morgan fingerprint density at radius 1 is 1.53 bits per heavy atom. The van der Waals surface area contributed by atoms with Crippen molar-refractivity contribution in [2.24, 2.45) is 0 Å². The van der Waals surface area contributed by atoms with Gasteiger partial charge in [-0.3, -0.25) is 4.79 Å². The summed E-state index contributed by atoms with van der Waals surface area (Å²) < 4.78 is 5.07. The van der Waals surface area contributed by atoms with Crippen molar-refractivity contribution >= 4 is 11.7 Å². The molecule has 0 aromatic carbocycles. The smallest absolute Gasteiger partial charge is 0.254 e. The molecule has 1 heterocycles. The molecule has 5 heteroatoms. The number of aryl methyl sites for hydroxylation is 1. The molecule has 0 bridgehead atoms. The maximum Gasteiger partial charge on any atom is 0.254 e. The number of carbonyl (C=O) groups excluding carboxylic acids is 1. The minimum absolute atomic E-state index is 0.0153. The Morgan fingerprint density at radius 3 is 2.79 bits per heavy atom. The first-order chi connectivity index (χ1) is 8.99. The molecule has 1 atom stereocenters. The van der Waals surface area contributed by atoms with E-state index < -0.39 is 0 Å². The Kier molecular flexibility index (Phi) is 5.76. The maximum absolute atomic E-state index is 12.4. The van der Waals surface area contributed by atoms with E-state index in [4.69, 9.17) is 10.5 Å². The van der Waals surface area contributed by atoms with Crippen molar-refractivity contribution in [2.45, 2.75) is 32.7 Å². The second-order valence-electron chi connectivity index (χ2n) is 4.74. The Balaban J connectivity index is 2.92. The van der Waals surface area contributed by atoms with Gasteiger partial charge >= 0.3 is 0 Å². The maximum atomic E-state index is 12.4. The lowest BCUT2D eigenvalue weighted by Gasteiger charge is -2.24. The van der Waals surface area contributed by atoms with E-state index in [1.165, 1.54) is 0 Å². The number of likely N-dealkylation sites (N-methyl/N-ethyl adjacent to an activating group) is 1. The summed E-state index contributed by atoms with van der Waals surface area (Å²) in [6.45, 7) is 4.52. The van der Waals surface area contributed by atoms with Crippen LogP contribution in [0.3, 0.4) is 0 Å². The fourth-order valence-corrected chi connectivity index (χ4v) is 1.88. The predicted octanol–water partition coefficient (Wildman–Crippen LogP) is 1.72. The number of ether oxygens (including phenoxy) is 1. The van der Waals surface area contributed by atoms with Gasteiger partial charge in [-0.25, -0.2) is 4.98 Å². The molecule has 0 fully saturated rings. The monoisotopic (exact) mass is 265 g/mol. The van der Waals surface area contributed by atoms with Crippen LogP contribution in [0.4, 0.5) is 5.82 Å². The van der Waals surface area contributed by atoms with Gasteiger partial charge in [0.25, 0.3) is 5.91 Å². The molecule has 0 aliphatic carbocycles. The molecule has 0 radical (unpaired) electrons. The van der Waals surface area contributed by atoms with Crippen molar-refractivity contribution < 1.29 is 9.53 Å². The van der Waals surface area contributed by atoms with Crippen LogP contribution in [0.5, 0.6) is 0 Å². The minimum Gasteiger partial charge on any atom is -0.384 e. The molecule has 0 aliphatic heterocycles. The normalized spacial score (nSPS) is 12.2. The molecule has 5 nitrogen and oxygen atoms in total. The molecule has 1 amide bonds. The van der Waals surface area contributed by atoms with E-state index in [1.54, 1.807) is 25.1 Å². The number of pyridine rings is 1. The lowest BCUT2D eigenvalue weighted by atomic mass is 10.1. The third kappa shape index (κ3) is 4.21. The molecular formula is C14H23N3O2. The number of hydrogen-bond acceptors (Lipinski definition) is 4. The largest absolute Gasteiger partial charge is 0.384 e. The number of nitrogens with two attached hydrogens (primary N) is 1. The quantitative estimate of drug-likeness (QED) is 0.850. The number of amides is 1. The summed E-state index contributed by atoms with van der Waals surface area (Å²) in [5.74, 6) is 0.332. The van der Waals surface area contributed by atoms with Crippen LogP contribution in [0.15, 0.2) is 12.1 Å². The highest BCUT2D eigenvalue weighted by Gasteiger charge is 2.18. The Hall–Kier alpha value is -1.62. The van der Waals surface area contributed by atoms with Crippen LogP contribution in [-0.2, 0) is 11.2 Å². The van der Waals surface area contributed by atoms with Crippen LogP contribution in [0.25, 0.3) is 0 Å². The number of nitrogens with zero attached hydrogens (tertiary/aromatic N) is 2. The van der Waals surface area contributed by atoms with Crippen LogP contribution in [-0.4, -0.2) is 42.6 Å². The molecule has 1 aromatic rings. The number of hydrogen-bond donors (Lipinski definition) is 1. The van der Waals surface area contributed by atoms with E-state index in [1.807, 2.05) is 13.0 Å². The fourth-order valence-electron chi connectivity index (χ4n) is 1.88. The van der Waals surface area contributed by atoms with Gasteiger partial charge in [0.15, 0.2) is 0 Å². The van der Waals surface area contributed by atoms with Crippen molar-refractivity contribution in [3.05, 3.63) is 23.4 Å². The van der Waals surface area contributed by atoms with Gasteiger partial charge in [-0.15, -0.1) is 0 Å². The van der Waals surface area contributed by atoms with E-state index in [0.29, 0.717) is 18.0 Å². The van der Waals surface area contributed by atoms with Gasteiger partial charge in [-0.05, 0) is 25.5 Å². The van der Waals surface area contributed by atoms with Crippen molar-refractivity contribution in [1.29, 1.82) is 0 Å². The van der Waals surface area contributed by atoms with Crippen LogP contribution >= 0.6 is 0 Å². The minimum atomic E-state index is -0.0593. The van der Waals surface area contributed by atoms with E-state index in [9.17, 15) is 4.79 Å². The second kappa shape index (κ2) is 7.09. The predicted molar refractivity (Wildman–Crippen MR) is 76.1 cm³/mol. The van der Waals surface area contributed by atoms with Gasteiger partial charge in [0.05, 0.1) is 12.6 Å². The molecule has 1 rings (SSSR count). The highest BCUT2D eigenvalue weighted by Crippen LogP contribution is 2.13. The number of anilines is 1. The number of carbonyl (C=O) groups is 1. The third-order valence-corrected chi connectivity index (χ3v) is 3.04. The molecular weight excluding hydrogens is 242 g/mol. The molecule has 1 unspecified atom stereocenters. The standard InChI is InChI=1S/C14H23N3O2/c1-5-6-12-7-11(8-13(15)16-12)14(18)17(3)10(2)9-19-4/h7-8,10H,5-6,9H2,1-4H3,(H2,15,16). The van der Waals surface area contributed by atoms with Crippen LogP contribution < -0.4 is 5.73 Å². The number of rotatable bonds is 6. The summed E-state index contributed by atoms with van der Waals surface area (Å²) in [5.41, 5.74) is 7.20. The average Bonchev–Trinajstić information content (AvgIpc) is 2.37. The summed E-state index contributed by atoms with van der Waals surface area (Å²) in [6, 6.07) is 3.46. The Labute approximate surface area is 114 Å². The molecule has 0 saturated carbocycles. The Bertz CT molecular complexity index is 435. The SMILES string of the molecule is CCCc1cc(C(=O)N(C)C(C)COC)cc(N)n1. The van der Waals surface area contributed by atoms with E-state index in [0.717, 1.165) is 18.5 Å². The van der Waals surface area contributed by atoms with Gasteiger partial charge < -0.3 is 15.4 Å². The number of aromatic nitrogens is 1. The van der Waals surface area contributed by atoms with Gasteiger partial charge in [0, 0.05) is 25.4 Å². The molecule has 0 spiro atoms. The zero-order valence-corrected chi connectivity index (χ0v) is 12.1. The van der Waals surface area contributed by atoms with Crippen LogP contribution in [0.1, 0.15) is 36.3 Å². The van der Waals surface area contributed by atoms with E-state index in [-0.39, 0.29) is 11.9 Å². The zero-order valence-electron chi connectivity index (χ0n) is 12.1. The summed E-state index contributed by atoms with van der Waals surface area (Å²) in [7, 11) is 3.39. The molecule has 106 valence electrons. The van der Waals surface area contributed by atoms with E-state index in [2.05, 4.69) is 11.9 Å². The average molecular weight is 265 g/mol. The van der Waals surface area contributed by atoms with Crippen molar-refractivity contribution in [2.75, 3.05) is 26.5 Å². The topological polar surface area (TPSA) is 68.5 Å². The zero-order chi connectivity index (χ0) is 14.4. The van der Waals surface area contributed by atoms with Crippen molar-refractivity contribution in [3.63, 3.8) is 0 Å². The van der Waals surface area contributed by atoms with Gasteiger partial charge in [0.2, 0.25) is 0 Å². The lowest BCUT2D eigenvalue weighted by molar-refractivity contribution is 0.0633. The summed E-state index contributed by atoms with van der Waals surface area (Å²) in [5, 5.41) is 0. The summed E-state index contributed by atoms with van der Waals surface area (Å²) in [4.78, 5) is 18.2. The Morgan fingerprint density at radius 2 is 2.21 bits per heavy atom. The van der Waals surface area contributed by atoms with Gasteiger partial charge in [-0.1, -0.05) is 13.3 Å². The van der Waals surface area contributed by atoms with Gasteiger partial charge in [0.1, 0.15) is 5.82 Å². The molecule has 0 aliphatic rings. The van der Waals surface area contributed by atoms with Crippen molar-refractivity contribution in [1.82, 2.24) is 9.88 Å². The third-order valence-electron chi connectivity index (χ3n) is 3.04. The highest BCUT2D eigenvalue weighted by molar-refractivity contribution is 5.95.